The van der Waals surface area contributed by atoms with Crippen LogP contribution < -0.4 is 0 Å². The fraction of sp³-hybridized carbons (Fsp3) is 0.833. The molecule has 0 radical (unpaired) electrons. The average molecular weight is 195 g/mol. The largest absolute Gasteiger partial charge is 0.298 e. The van der Waals surface area contributed by atoms with Gasteiger partial charge in [-0.25, -0.2) is 4.58 Å². The molecule has 0 aromatic carbocycles. The van der Waals surface area contributed by atoms with Gasteiger partial charge in [-0.1, -0.05) is 25.8 Å². The Morgan fingerprint density at radius 1 is 1.00 bits per heavy atom. The highest BCUT2D eigenvalue weighted by atomic mass is 15.1. The quantitative estimate of drug-likeness (QED) is 0.528. The minimum Gasteiger partial charge on any atom is -0.234 e. The molecule has 0 aromatic heterocycles. The van der Waals surface area contributed by atoms with Crippen LogP contribution in [0.5, 0.6) is 0 Å². The molecule has 2 nitrogen and oxygen atoms in total. The molecule has 0 amide bonds. The average Bonchev–Trinajstić information content (AvgIpc) is 2.26. The van der Waals surface area contributed by atoms with Crippen LogP contribution in [0, 0.1) is 10.8 Å². The van der Waals surface area contributed by atoms with Gasteiger partial charge in [0.25, 0.3) is 5.84 Å². The molecule has 1 aliphatic heterocycles. The molecular weight excluding hydrogens is 172 g/mol. The normalized spacial score (nSPS) is 18.9. The number of aliphatic imine (C=N–C) groups is 1. The maximum atomic E-state index is 4.64. The first-order chi connectivity index (χ1) is 6.14. The van der Waals surface area contributed by atoms with Crippen LogP contribution in [0.3, 0.4) is 0 Å². The Morgan fingerprint density at radius 3 is 1.71 bits per heavy atom. The predicted molar refractivity (Wildman–Crippen MR) is 62.4 cm³/mol. The van der Waals surface area contributed by atoms with Crippen LogP contribution in [0.15, 0.2) is 4.99 Å². The molecule has 14 heavy (non-hydrogen) atoms. The highest BCUT2D eigenvalue weighted by Crippen LogP contribution is 2.24. The third kappa shape index (κ3) is 2.05. The maximum absolute atomic E-state index is 4.64. The van der Waals surface area contributed by atoms with Crippen LogP contribution in [0.1, 0.15) is 41.5 Å². The molecule has 0 saturated carbocycles. The van der Waals surface area contributed by atoms with Gasteiger partial charge in [0, 0.05) is 5.41 Å². The first-order valence-corrected chi connectivity index (χ1v) is 5.29. The van der Waals surface area contributed by atoms with Gasteiger partial charge in [0.1, 0.15) is 5.71 Å². The molecule has 0 fully saturated rings. The van der Waals surface area contributed by atoms with Crippen LogP contribution in [-0.2, 0) is 0 Å². The molecule has 0 atom stereocenters. The molecule has 80 valence electrons. The lowest BCUT2D eigenvalue weighted by atomic mass is 9.89. The lowest BCUT2D eigenvalue weighted by Crippen LogP contribution is -2.35. The van der Waals surface area contributed by atoms with E-state index in [4.69, 9.17) is 0 Å². The Balaban J connectivity index is 3.05. The number of hydrogen-bond acceptors (Lipinski definition) is 1. The van der Waals surface area contributed by atoms with Crippen molar-refractivity contribution in [3.8, 4) is 0 Å². The van der Waals surface area contributed by atoms with Gasteiger partial charge in [-0.2, -0.15) is 0 Å². The van der Waals surface area contributed by atoms with Crippen molar-refractivity contribution >= 4 is 11.5 Å². The molecule has 1 heterocycles. The molecule has 1 rings (SSSR count). The summed E-state index contributed by atoms with van der Waals surface area (Å²) in [4.78, 5) is 4.64. The topological polar surface area (TPSA) is 15.4 Å². The van der Waals surface area contributed by atoms with Crippen molar-refractivity contribution in [1.29, 1.82) is 0 Å². The summed E-state index contributed by atoms with van der Waals surface area (Å²) in [6.07, 6.45) is 0. The summed E-state index contributed by atoms with van der Waals surface area (Å²) in [5, 5.41) is 0. The summed E-state index contributed by atoms with van der Waals surface area (Å²) in [5.41, 5.74) is 1.80. The van der Waals surface area contributed by atoms with Gasteiger partial charge < -0.3 is 0 Å². The van der Waals surface area contributed by atoms with Gasteiger partial charge in [-0.3, -0.25) is 0 Å². The highest BCUT2D eigenvalue weighted by molar-refractivity contribution is 5.98. The van der Waals surface area contributed by atoms with E-state index in [1.54, 1.807) is 0 Å². The monoisotopic (exact) mass is 195 g/mol. The Labute approximate surface area is 87.7 Å². The van der Waals surface area contributed by atoms with Crippen LogP contribution in [0.25, 0.3) is 0 Å². The van der Waals surface area contributed by atoms with Crippen molar-refractivity contribution in [2.75, 3.05) is 13.6 Å². The first kappa shape index (κ1) is 11.4. The molecule has 2 heteroatoms. The SMILES string of the molecule is C[N+]1=C(C(C)(C)C)CN=C1C(C)(C)C. The summed E-state index contributed by atoms with van der Waals surface area (Å²) in [6, 6.07) is 0. The fourth-order valence-electron chi connectivity index (χ4n) is 1.97. The number of nitrogens with zero attached hydrogens (tertiary/aromatic N) is 2. The lowest BCUT2D eigenvalue weighted by Gasteiger charge is -2.19. The number of hydrogen-bond donors (Lipinski definition) is 0. The number of amidine groups is 1. The second-order valence-corrected chi connectivity index (χ2v) is 6.15. The van der Waals surface area contributed by atoms with E-state index in [1.807, 2.05) is 0 Å². The van der Waals surface area contributed by atoms with Crippen LogP contribution >= 0.6 is 0 Å². The molecule has 0 bridgehead atoms. The van der Waals surface area contributed by atoms with Crippen molar-refractivity contribution in [2.24, 2.45) is 15.8 Å². The third-order valence-corrected chi connectivity index (χ3v) is 2.64. The zero-order chi connectivity index (χ0) is 11.1. The smallest absolute Gasteiger partial charge is 0.234 e. The molecule has 0 unspecified atom stereocenters. The van der Waals surface area contributed by atoms with Crippen molar-refractivity contribution in [2.45, 2.75) is 41.5 Å². The van der Waals surface area contributed by atoms with Crippen molar-refractivity contribution in [3.63, 3.8) is 0 Å². The van der Waals surface area contributed by atoms with Gasteiger partial charge in [-0.05, 0) is 20.8 Å². The second kappa shape index (κ2) is 3.18. The zero-order valence-corrected chi connectivity index (χ0v) is 10.6. The zero-order valence-electron chi connectivity index (χ0n) is 10.6. The summed E-state index contributed by atoms with van der Waals surface area (Å²) in [7, 11) is 2.14. The molecule has 0 spiro atoms. The van der Waals surface area contributed by atoms with E-state index in [0.717, 1.165) is 6.54 Å². The van der Waals surface area contributed by atoms with E-state index in [0.29, 0.717) is 0 Å². The van der Waals surface area contributed by atoms with Crippen molar-refractivity contribution < 1.29 is 4.58 Å². The Morgan fingerprint density at radius 2 is 1.50 bits per heavy atom. The van der Waals surface area contributed by atoms with E-state index in [9.17, 15) is 0 Å². The molecule has 1 aliphatic rings. The van der Waals surface area contributed by atoms with Crippen molar-refractivity contribution in [1.82, 2.24) is 0 Å². The van der Waals surface area contributed by atoms with Gasteiger partial charge in [-0.15, -0.1) is 0 Å². The van der Waals surface area contributed by atoms with Gasteiger partial charge in [0.05, 0.1) is 12.5 Å². The molecular formula is C12H23N2+. The van der Waals surface area contributed by atoms with Crippen LogP contribution in [0.4, 0.5) is 0 Å². The Bertz CT molecular complexity index is 278. The molecule has 0 aromatic rings. The Hall–Kier alpha value is -0.660. The van der Waals surface area contributed by atoms with Crippen LogP contribution in [-0.4, -0.2) is 29.7 Å². The van der Waals surface area contributed by atoms with Gasteiger partial charge >= 0.3 is 0 Å². The summed E-state index contributed by atoms with van der Waals surface area (Å²) in [5.74, 6) is 1.21. The van der Waals surface area contributed by atoms with E-state index < -0.39 is 0 Å². The minimum absolute atomic E-state index is 0.155. The van der Waals surface area contributed by atoms with E-state index in [1.165, 1.54) is 11.5 Å². The van der Waals surface area contributed by atoms with Gasteiger partial charge in [0.15, 0.2) is 6.54 Å². The van der Waals surface area contributed by atoms with Crippen LogP contribution in [0.2, 0.25) is 0 Å². The lowest BCUT2D eigenvalue weighted by molar-refractivity contribution is -0.381. The van der Waals surface area contributed by atoms with Crippen molar-refractivity contribution in [3.05, 3.63) is 0 Å². The second-order valence-electron chi connectivity index (χ2n) is 6.15. The molecule has 0 N–H and O–H groups in total. The maximum Gasteiger partial charge on any atom is 0.298 e. The minimum atomic E-state index is 0.155. The standard InChI is InChI=1S/C12H23N2/c1-11(2,3)9-8-13-10(14(9)7)12(4,5)6/h8H2,1-7H3/q+1. The fourth-order valence-corrected chi connectivity index (χ4v) is 1.97. The molecule has 0 aliphatic carbocycles. The summed E-state index contributed by atoms with van der Waals surface area (Å²) < 4.78 is 2.28. The van der Waals surface area contributed by atoms with E-state index in [2.05, 4.69) is 58.2 Å². The first-order valence-electron chi connectivity index (χ1n) is 5.29. The summed E-state index contributed by atoms with van der Waals surface area (Å²) >= 11 is 0. The predicted octanol–water partition coefficient (Wildman–Crippen LogP) is 2.57. The Kier molecular flexibility index (Phi) is 2.59. The third-order valence-electron chi connectivity index (χ3n) is 2.64. The van der Waals surface area contributed by atoms with E-state index in [-0.39, 0.29) is 10.8 Å². The van der Waals surface area contributed by atoms with E-state index >= 15 is 0 Å². The van der Waals surface area contributed by atoms with Gasteiger partial charge in [0.2, 0.25) is 0 Å². The number of rotatable bonds is 0. The summed E-state index contributed by atoms with van der Waals surface area (Å²) in [6.45, 7) is 14.3. The molecule has 0 saturated heterocycles. The highest BCUT2D eigenvalue weighted by Gasteiger charge is 2.38.